The lowest BCUT2D eigenvalue weighted by Gasteiger charge is -2.22. The van der Waals surface area contributed by atoms with Crippen molar-refractivity contribution in [2.24, 2.45) is 13.0 Å². The molecule has 5 nitrogen and oxygen atoms in total. The van der Waals surface area contributed by atoms with Crippen molar-refractivity contribution in [2.75, 3.05) is 11.9 Å². The summed E-state index contributed by atoms with van der Waals surface area (Å²) in [4.78, 5) is 11.2. The second kappa shape index (κ2) is 5.42. The average Bonchev–Trinajstić information content (AvgIpc) is 2.62. The van der Waals surface area contributed by atoms with E-state index in [1.54, 1.807) is 18.7 Å². The summed E-state index contributed by atoms with van der Waals surface area (Å²) in [6.45, 7) is 2.58. The van der Waals surface area contributed by atoms with Gasteiger partial charge < -0.3 is 10.4 Å². The molecule has 1 heterocycles. The van der Waals surface area contributed by atoms with E-state index in [1.807, 2.05) is 0 Å². The molecule has 0 aliphatic heterocycles. The molecule has 5 heteroatoms. The third-order valence-corrected chi connectivity index (χ3v) is 3.72. The first-order valence-electron chi connectivity index (χ1n) is 6.60. The van der Waals surface area contributed by atoms with E-state index in [9.17, 15) is 9.90 Å². The van der Waals surface area contributed by atoms with Crippen LogP contribution in [-0.4, -0.2) is 27.4 Å². The molecule has 18 heavy (non-hydrogen) atoms. The Morgan fingerprint density at radius 1 is 1.44 bits per heavy atom. The number of nitrogens with one attached hydrogen (secondary N) is 1. The summed E-state index contributed by atoms with van der Waals surface area (Å²) in [5.74, 6) is 0.382. The number of carbonyl (C=O) groups is 1. The topological polar surface area (TPSA) is 67.2 Å². The molecule has 1 fully saturated rings. The summed E-state index contributed by atoms with van der Waals surface area (Å²) >= 11 is 0. The van der Waals surface area contributed by atoms with Crippen molar-refractivity contribution in [3.63, 3.8) is 0 Å². The van der Waals surface area contributed by atoms with Gasteiger partial charge in [0.05, 0.1) is 5.69 Å². The Kier molecular flexibility index (Phi) is 3.89. The van der Waals surface area contributed by atoms with Gasteiger partial charge in [-0.25, -0.2) is 4.79 Å². The maximum Gasteiger partial charge on any atom is 0.341 e. The molecule has 0 aromatic carbocycles. The van der Waals surface area contributed by atoms with Crippen LogP contribution in [0.3, 0.4) is 0 Å². The zero-order valence-corrected chi connectivity index (χ0v) is 11.1. The minimum atomic E-state index is -0.910. The molecular formula is C13H21N3O2. The second-order valence-corrected chi connectivity index (χ2v) is 5.12. The van der Waals surface area contributed by atoms with Crippen LogP contribution in [0.25, 0.3) is 0 Å². The average molecular weight is 251 g/mol. The lowest BCUT2D eigenvalue weighted by Crippen LogP contribution is -2.19. The van der Waals surface area contributed by atoms with Crippen LogP contribution in [0.2, 0.25) is 0 Å². The maximum atomic E-state index is 11.2. The Bertz CT molecular complexity index is 434. The van der Waals surface area contributed by atoms with Gasteiger partial charge in [-0.1, -0.05) is 19.3 Å². The van der Waals surface area contributed by atoms with Crippen LogP contribution in [0.5, 0.6) is 0 Å². The molecule has 0 amide bonds. The largest absolute Gasteiger partial charge is 0.477 e. The molecule has 2 N–H and O–H groups in total. The number of anilines is 1. The first-order chi connectivity index (χ1) is 8.59. The number of hydrogen-bond acceptors (Lipinski definition) is 3. The highest BCUT2D eigenvalue weighted by atomic mass is 16.4. The summed E-state index contributed by atoms with van der Waals surface area (Å²) in [5.41, 5.74) is 0.865. The third-order valence-electron chi connectivity index (χ3n) is 3.72. The number of carboxylic acids is 1. The van der Waals surface area contributed by atoms with Crippen molar-refractivity contribution in [1.82, 2.24) is 9.78 Å². The van der Waals surface area contributed by atoms with Gasteiger partial charge in [-0.15, -0.1) is 0 Å². The zero-order chi connectivity index (χ0) is 13.1. The maximum absolute atomic E-state index is 11.2. The minimum absolute atomic E-state index is 0.299. The Morgan fingerprint density at radius 3 is 2.72 bits per heavy atom. The van der Waals surface area contributed by atoms with Gasteiger partial charge in [0.25, 0.3) is 0 Å². The van der Waals surface area contributed by atoms with Gasteiger partial charge in [0, 0.05) is 13.6 Å². The predicted octanol–water partition coefficient (Wildman–Crippen LogP) is 2.42. The van der Waals surface area contributed by atoms with Crippen molar-refractivity contribution in [3.05, 3.63) is 11.3 Å². The lowest BCUT2D eigenvalue weighted by molar-refractivity contribution is 0.0697. The van der Waals surface area contributed by atoms with Gasteiger partial charge in [0.2, 0.25) is 0 Å². The minimum Gasteiger partial charge on any atom is -0.477 e. The summed E-state index contributed by atoms with van der Waals surface area (Å²) in [5, 5.41) is 16.6. The first-order valence-corrected chi connectivity index (χ1v) is 6.60. The van der Waals surface area contributed by atoms with Gasteiger partial charge in [-0.05, 0) is 25.7 Å². The molecule has 0 radical (unpaired) electrons. The van der Waals surface area contributed by atoms with Crippen LogP contribution in [0.1, 0.15) is 48.2 Å². The molecule has 100 valence electrons. The molecule has 1 aromatic heterocycles. The summed E-state index contributed by atoms with van der Waals surface area (Å²) < 4.78 is 1.63. The van der Waals surface area contributed by atoms with E-state index in [0.29, 0.717) is 23.0 Å². The van der Waals surface area contributed by atoms with E-state index in [4.69, 9.17) is 0 Å². The van der Waals surface area contributed by atoms with Gasteiger partial charge in [0.15, 0.2) is 0 Å². The fraction of sp³-hybridized carbons (Fsp3) is 0.692. The molecule has 1 saturated carbocycles. The van der Waals surface area contributed by atoms with E-state index < -0.39 is 5.97 Å². The highest BCUT2D eigenvalue weighted by Crippen LogP contribution is 2.25. The number of hydrogen-bond donors (Lipinski definition) is 2. The summed E-state index contributed by atoms with van der Waals surface area (Å²) in [6.07, 6.45) is 6.41. The summed E-state index contributed by atoms with van der Waals surface area (Å²) in [7, 11) is 1.78. The quantitative estimate of drug-likeness (QED) is 0.862. The highest BCUT2D eigenvalue weighted by Gasteiger charge is 2.21. The van der Waals surface area contributed by atoms with Crippen LogP contribution in [-0.2, 0) is 7.05 Å². The van der Waals surface area contributed by atoms with Crippen molar-refractivity contribution < 1.29 is 9.90 Å². The molecular weight excluding hydrogens is 230 g/mol. The monoisotopic (exact) mass is 251 g/mol. The number of rotatable bonds is 4. The van der Waals surface area contributed by atoms with Crippen LogP contribution in [0, 0.1) is 12.8 Å². The molecule has 1 aliphatic rings. The van der Waals surface area contributed by atoms with Crippen molar-refractivity contribution in [1.29, 1.82) is 0 Å². The molecule has 1 aromatic rings. The highest BCUT2D eigenvalue weighted by molar-refractivity contribution is 5.94. The van der Waals surface area contributed by atoms with Crippen molar-refractivity contribution >= 4 is 11.8 Å². The van der Waals surface area contributed by atoms with Gasteiger partial charge in [-0.3, -0.25) is 4.68 Å². The Balaban J connectivity index is 2.06. The number of carboxylic acid groups (broad SMARTS) is 1. The SMILES string of the molecule is Cc1nn(C)c(NCC2CCCCC2)c1C(=O)O. The Morgan fingerprint density at radius 2 is 2.11 bits per heavy atom. The molecule has 2 rings (SSSR count). The van der Waals surface area contributed by atoms with E-state index in [1.165, 1.54) is 32.1 Å². The molecule has 0 bridgehead atoms. The zero-order valence-electron chi connectivity index (χ0n) is 11.1. The number of aromatic carboxylic acids is 1. The van der Waals surface area contributed by atoms with Crippen LogP contribution in [0.4, 0.5) is 5.82 Å². The number of aryl methyl sites for hydroxylation is 2. The normalized spacial score (nSPS) is 16.8. The number of nitrogens with zero attached hydrogens (tertiary/aromatic N) is 2. The Labute approximate surface area is 107 Å². The molecule has 0 unspecified atom stereocenters. The number of aromatic nitrogens is 2. The molecule has 0 atom stereocenters. The van der Waals surface area contributed by atoms with Crippen LogP contribution < -0.4 is 5.32 Å². The van der Waals surface area contributed by atoms with E-state index in [-0.39, 0.29) is 0 Å². The van der Waals surface area contributed by atoms with Crippen molar-refractivity contribution in [2.45, 2.75) is 39.0 Å². The fourth-order valence-corrected chi connectivity index (χ4v) is 2.75. The lowest BCUT2D eigenvalue weighted by atomic mass is 9.89. The first kappa shape index (κ1) is 12.9. The molecule has 0 saturated heterocycles. The molecule has 0 spiro atoms. The standard InChI is InChI=1S/C13H21N3O2/c1-9-11(13(17)18)12(16(2)15-9)14-8-10-6-4-3-5-7-10/h10,14H,3-8H2,1-2H3,(H,17,18). The van der Waals surface area contributed by atoms with Crippen molar-refractivity contribution in [3.8, 4) is 0 Å². The van der Waals surface area contributed by atoms with E-state index in [0.717, 1.165) is 6.54 Å². The van der Waals surface area contributed by atoms with Crippen LogP contribution >= 0.6 is 0 Å². The van der Waals surface area contributed by atoms with E-state index >= 15 is 0 Å². The summed E-state index contributed by atoms with van der Waals surface area (Å²) in [6, 6.07) is 0. The van der Waals surface area contributed by atoms with Crippen LogP contribution in [0.15, 0.2) is 0 Å². The predicted molar refractivity (Wildman–Crippen MR) is 70.0 cm³/mol. The molecule has 1 aliphatic carbocycles. The van der Waals surface area contributed by atoms with Gasteiger partial charge in [0.1, 0.15) is 11.4 Å². The smallest absolute Gasteiger partial charge is 0.341 e. The third kappa shape index (κ3) is 2.66. The van der Waals surface area contributed by atoms with Gasteiger partial charge in [-0.2, -0.15) is 5.10 Å². The van der Waals surface area contributed by atoms with E-state index in [2.05, 4.69) is 10.4 Å². The Hall–Kier alpha value is -1.52. The van der Waals surface area contributed by atoms with Gasteiger partial charge >= 0.3 is 5.97 Å². The fourth-order valence-electron chi connectivity index (χ4n) is 2.75. The second-order valence-electron chi connectivity index (χ2n) is 5.12.